The van der Waals surface area contributed by atoms with Crippen LogP contribution in [0.3, 0.4) is 0 Å². The van der Waals surface area contributed by atoms with Gasteiger partial charge in [0.25, 0.3) is 0 Å². The predicted octanol–water partition coefficient (Wildman–Crippen LogP) is 1.43. The average molecular weight is 238 g/mol. The second-order valence-electron chi connectivity index (χ2n) is 4.62. The number of halogens is 3. The zero-order valence-electron chi connectivity index (χ0n) is 9.23. The topological polar surface area (TPSA) is 55.1 Å². The lowest BCUT2D eigenvalue weighted by Crippen LogP contribution is -2.53. The Morgan fingerprint density at radius 3 is 2.44 bits per heavy atom. The first-order valence-corrected chi connectivity index (χ1v) is 5.34. The van der Waals surface area contributed by atoms with E-state index < -0.39 is 18.0 Å². The number of nitrogens with one attached hydrogen (secondary N) is 1. The molecule has 0 aromatic rings. The Bertz CT molecular complexity index is 259. The predicted molar refractivity (Wildman–Crippen MR) is 53.6 cm³/mol. The van der Waals surface area contributed by atoms with Gasteiger partial charge in [0.15, 0.2) is 0 Å². The molecule has 94 valence electrons. The van der Waals surface area contributed by atoms with E-state index in [-0.39, 0.29) is 19.0 Å². The lowest BCUT2D eigenvalue weighted by Gasteiger charge is -2.44. The van der Waals surface area contributed by atoms with Crippen LogP contribution in [0.2, 0.25) is 0 Å². The highest BCUT2D eigenvalue weighted by atomic mass is 19.4. The van der Waals surface area contributed by atoms with Crippen LogP contribution in [0.4, 0.5) is 13.2 Å². The number of rotatable bonds is 4. The van der Waals surface area contributed by atoms with Crippen LogP contribution < -0.4 is 11.1 Å². The van der Waals surface area contributed by atoms with E-state index in [1.807, 2.05) is 6.92 Å². The van der Waals surface area contributed by atoms with E-state index >= 15 is 0 Å². The lowest BCUT2D eigenvalue weighted by molar-refractivity contribution is -0.143. The first-order chi connectivity index (χ1) is 7.29. The molecule has 0 atom stereocenters. The minimum Gasteiger partial charge on any atom is -0.355 e. The van der Waals surface area contributed by atoms with Crippen molar-refractivity contribution in [1.29, 1.82) is 0 Å². The van der Waals surface area contributed by atoms with Crippen LogP contribution in [0.25, 0.3) is 0 Å². The number of nitrogens with two attached hydrogens (primary N) is 1. The summed E-state index contributed by atoms with van der Waals surface area (Å²) >= 11 is 0. The van der Waals surface area contributed by atoms with Gasteiger partial charge in [-0.1, -0.05) is 6.92 Å². The normalized spacial score (nSPS) is 29.7. The van der Waals surface area contributed by atoms with E-state index in [4.69, 9.17) is 5.73 Å². The molecule has 1 aliphatic carbocycles. The molecule has 6 heteroatoms. The molecule has 1 fully saturated rings. The minimum absolute atomic E-state index is 0.204. The van der Waals surface area contributed by atoms with Crippen LogP contribution in [-0.4, -0.2) is 25.2 Å². The monoisotopic (exact) mass is 238 g/mol. The number of hydrogen-bond acceptors (Lipinski definition) is 2. The standard InChI is InChI=1S/C10H17F3N2O/c1-7-4-9(5-7,6-14)8(16)15-3-2-10(11,12)13/h7H,2-6,14H2,1H3,(H,15,16). The molecule has 0 unspecified atom stereocenters. The van der Waals surface area contributed by atoms with Crippen molar-refractivity contribution >= 4 is 5.91 Å². The van der Waals surface area contributed by atoms with E-state index in [9.17, 15) is 18.0 Å². The van der Waals surface area contributed by atoms with Crippen molar-refractivity contribution < 1.29 is 18.0 Å². The summed E-state index contributed by atoms with van der Waals surface area (Å²) in [6.45, 7) is 1.84. The molecular formula is C10H17F3N2O. The fraction of sp³-hybridized carbons (Fsp3) is 0.900. The largest absolute Gasteiger partial charge is 0.390 e. The van der Waals surface area contributed by atoms with E-state index in [0.29, 0.717) is 18.8 Å². The molecule has 1 rings (SSSR count). The highest BCUT2D eigenvalue weighted by Gasteiger charge is 2.47. The molecule has 0 bridgehead atoms. The SMILES string of the molecule is CC1CC(CN)(C(=O)NCCC(F)(F)F)C1. The van der Waals surface area contributed by atoms with Crippen LogP contribution in [0.15, 0.2) is 0 Å². The second kappa shape index (κ2) is 4.61. The number of carbonyl (C=O) groups excluding carboxylic acids is 1. The molecule has 1 amide bonds. The molecule has 1 saturated carbocycles. The second-order valence-corrected chi connectivity index (χ2v) is 4.62. The summed E-state index contributed by atoms with van der Waals surface area (Å²) < 4.78 is 35.6. The van der Waals surface area contributed by atoms with E-state index in [1.165, 1.54) is 0 Å². The van der Waals surface area contributed by atoms with Gasteiger partial charge in [0.1, 0.15) is 0 Å². The maximum absolute atomic E-state index is 11.9. The molecule has 0 aliphatic heterocycles. The molecular weight excluding hydrogens is 221 g/mol. The molecule has 0 aromatic heterocycles. The van der Waals surface area contributed by atoms with Gasteiger partial charge in [0, 0.05) is 13.1 Å². The Balaban J connectivity index is 2.35. The Hall–Kier alpha value is -0.780. The third-order valence-corrected chi connectivity index (χ3v) is 3.04. The van der Waals surface area contributed by atoms with Gasteiger partial charge in [0.2, 0.25) is 5.91 Å². The van der Waals surface area contributed by atoms with Crippen molar-refractivity contribution in [3.8, 4) is 0 Å². The van der Waals surface area contributed by atoms with Crippen molar-refractivity contribution in [1.82, 2.24) is 5.32 Å². The van der Waals surface area contributed by atoms with Crippen molar-refractivity contribution in [2.45, 2.75) is 32.4 Å². The van der Waals surface area contributed by atoms with Crippen molar-refractivity contribution in [3.05, 3.63) is 0 Å². The van der Waals surface area contributed by atoms with Gasteiger partial charge in [-0.25, -0.2) is 0 Å². The van der Waals surface area contributed by atoms with Crippen molar-refractivity contribution in [3.63, 3.8) is 0 Å². The average Bonchev–Trinajstić information content (AvgIpc) is 2.10. The molecule has 0 radical (unpaired) electrons. The van der Waals surface area contributed by atoms with Crippen LogP contribution in [0.5, 0.6) is 0 Å². The van der Waals surface area contributed by atoms with Gasteiger partial charge < -0.3 is 11.1 Å². The van der Waals surface area contributed by atoms with Gasteiger partial charge in [-0.2, -0.15) is 13.2 Å². The van der Waals surface area contributed by atoms with Gasteiger partial charge in [-0.05, 0) is 18.8 Å². The number of alkyl halides is 3. The summed E-state index contributed by atoms with van der Waals surface area (Å²) in [6.07, 6.45) is -3.88. The number of amides is 1. The van der Waals surface area contributed by atoms with Gasteiger partial charge in [-0.3, -0.25) is 4.79 Å². The zero-order chi connectivity index (χ0) is 12.4. The van der Waals surface area contributed by atoms with E-state index in [2.05, 4.69) is 5.32 Å². The lowest BCUT2D eigenvalue weighted by atomic mass is 9.62. The van der Waals surface area contributed by atoms with Gasteiger partial charge in [-0.15, -0.1) is 0 Å². The Morgan fingerprint density at radius 2 is 2.06 bits per heavy atom. The molecule has 3 N–H and O–H groups in total. The highest BCUT2D eigenvalue weighted by molar-refractivity contribution is 5.83. The summed E-state index contributed by atoms with van der Waals surface area (Å²) in [7, 11) is 0. The molecule has 1 aliphatic rings. The number of carbonyl (C=O) groups is 1. The van der Waals surface area contributed by atoms with Gasteiger partial charge >= 0.3 is 6.18 Å². The maximum Gasteiger partial charge on any atom is 0.390 e. The van der Waals surface area contributed by atoms with Crippen LogP contribution in [-0.2, 0) is 4.79 Å². The summed E-state index contributed by atoms with van der Waals surface area (Å²) in [5.41, 5.74) is 4.89. The van der Waals surface area contributed by atoms with Crippen LogP contribution in [0, 0.1) is 11.3 Å². The van der Waals surface area contributed by atoms with Crippen molar-refractivity contribution in [2.24, 2.45) is 17.1 Å². The first-order valence-electron chi connectivity index (χ1n) is 5.34. The quantitative estimate of drug-likeness (QED) is 0.778. The summed E-state index contributed by atoms with van der Waals surface area (Å²) in [6, 6.07) is 0. The van der Waals surface area contributed by atoms with Gasteiger partial charge in [0.05, 0.1) is 11.8 Å². The van der Waals surface area contributed by atoms with Crippen molar-refractivity contribution in [2.75, 3.05) is 13.1 Å². The molecule has 0 aromatic carbocycles. The Kier molecular flexibility index (Phi) is 3.83. The zero-order valence-corrected chi connectivity index (χ0v) is 9.23. The Morgan fingerprint density at radius 1 is 1.50 bits per heavy atom. The first kappa shape index (κ1) is 13.3. The van der Waals surface area contributed by atoms with E-state index in [1.54, 1.807) is 0 Å². The molecule has 16 heavy (non-hydrogen) atoms. The van der Waals surface area contributed by atoms with Crippen LogP contribution >= 0.6 is 0 Å². The Labute approximate surface area is 92.6 Å². The molecule has 0 saturated heterocycles. The minimum atomic E-state index is -4.23. The fourth-order valence-corrected chi connectivity index (χ4v) is 2.22. The highest BCUT2D eigenvalue weighted by Crippen LogP contribution is 2.44. The van der Waals surface area contributed by atoms with E-state index in [0.717, 1.165) is 0 Å². The maximum atomic E-state index is 11.9. The summed E-state index contributed by atoms with van der Waals surface area (Å²) in [5, 5.41) is 2.31. The molecule has 3 nitrogen and oxygen atoms in total. The molecule has 0 heterocycles. The summed E-state index contributed by atoms with van der Waals surface area (Å²) in [5.74, 6) is 0.0919. The summed E-state index contributed by atoms with van der Waals surface area (Å²) in [4.78, 5) is 11.7. The third kappa shape index (κ3) is 3.10. The number of hydrogen-bond donors (Lipinski definition) is 2. The third-order valence-electron chi connectivity index (χ3n) is 3.04. The smallest absolute Gasteiger partial charge is 0.355 e. The fourth-order valence-electron chi connectivity index (χ4n) is 2.22. The van der Waals surface area contributed by atoms with Crippen LogP contribution in [0.1, 0.15) is 26.2 Å². The molecule has 0 spiro atoms.